The van der Waals surface area contributed by atoms with E-state index < -0.39 is 22.6 Å². The molecular formula is C7H5Cl2F2NO. The van der Waals surface area contributed by atoms with E-state index in [0.717, 1.165) is 6.07 Å². The summed E-state index contributed by atoms with van der Waals surface area (Å²) in [6.07, 6.45) is -2.80. The van der Waals surface area contributed by atoms with Crippen LogP contribution < -0.4 is 5.43 Å². The normalized spacial score (nSPS) is 10.8. The first-order valence-corrected chi connectivity index (χ1v) is 4.23. The van der Waals surface area contributed by atoms with Gasteiger partial charge in [-0.3, -0.25) is 4.79 Å². The van der Waals surface area contributed by atoms with E-state index in [1.807, 2.05) is 0 Å². The second-order valence-electron chi connectivity index (χ2n) is 2.32. The summed E-state index contributed by atoms with van der Waals surface area (Å²) >= 11 is 10.7. The number of hydrogen-bond acceptors (Lipinski definition) is 1. The summed E-state index contributed by atoms with van der Waals surface area (Å²) in [5.74, 6) is -0.0356. The predicted molar refractivity (Wildman–Crippen MR) is 46.6 cm³/mol. The van der Waals surface area contributed by atoms with Crippen LogP contribution >= 0.6 is 23.2 Å². The van der Waals surface area contributed by atoms with Gasteiger partial charge >= 0.3 is 0 Å². The van der Waals surface area contributed by atoms with Gasteiger partial charge < -0.3 is 4.98 Å². The molecule has 1 aromatic rings. The van der Waals surface area contributed by atoms with Crippen LogP contribution in [0, 0.1) is 0 Å². The number of alkyl halides is 3. The van der Waals surface area contributed by atoms with E-state index in [9.17, 15) is 13.6 Å². The SMILES string of the molecule is O=c1cc(CCl)[nH]c(C(F)F)c1Cl. The van der Waals surface area contributed by atoms with Crippen LogP contribution in [0.5, 0.6) is 0 Å². The quantitative estimate of drug-likeness (QED) is 0.775. The first kappa shape index (κ1) is 10.5. The molecule has 1 rings (SSSR count). The van der Waals surface area contributed by atoms with Crippen LogP contribution in [0.3, 0.4) is 0 Å². The monoisotopic (exact) mass is 227 g/mol. The molecule has 0 fully saturated rings. The smallest absolute Gasteiger partial charge is 0.279 e. The highest BCUT2D eigenvalue weighted by Crippen LogP contribution is 2.22. The van der Waals surface area contributed by atoms with Gasteiger partial charge in [0.2, 0.25) is 5.43 Å². The zero-order chi connectivity index (χ0) is 10.0. The summed E-state index contributed by atoms with van der Waals surface area (Å²) in [4.78, 5) is 13.3. The minimum Gasteiger partial charge on any atom is -0.355 e. The highest BCUT2D eigenvalue weighted by molar-refractivity contribution is 6.31. The Labute approximate surface area is 82.5 Å². The Morgan fingerprint density at radius 1 is 1.54 bits per heavy atom. The molecule has 0 atom stereocenters. The van der Waals surface area contributed by atoms with Gasteiger partial charge in [-0.25, -0.2) is 8.78 Å². The number of hydrogen-bond donors (Lipinski definition) is 1. The first-order chi connectivity index (χ1) is 6.06. The van der Waals surface area contributed by atoms with Gasteiger partial charge in [0.15, 0.2) is 0 Å². The van der Waals surface area contributed by atoms with E-state index in [-0.39, 0.29) is 11.6 Å². The summed E-state index contributed by atoms with van der Waals surface area (Å²) in [5.41, 5.74) is -0.998. The number of rotatable bonds is 2. The third-order valence-electron chi connectivity index (χ3n) is 1.42. The number of H-pyrrole nitrogens is 1. The number of nitrogens with one attached hydrogen (secondary N) is 1. The third kappa shape index (κ3) is 2.19. The van der Waals surface area contributed by atoms with Crippen molar-refractivity contribution in [2.75, 3.05) is 0 Å². The van der Waals surface area contributed by atoms with Crippen LogP contribution in [0.25, 0.3) is 0 Å². The lowest BCUT2D eigenvalue weighted by Gasteiger charge is -2.04. The molecule has 2 nitrogen and oxygen atoms in total. The van der Waals surface area contributed by atoms with Gasteiger partial charge in [0, 0.05) is 11.8 Å². The van der Waals surface area contributed by atoms with Gasteiger partial charge in [0.1, 0.15) is 10.7 Å². The third-order valence-corrected chi connectivity index (χ3v) is 2.09. The van der Waals surface area contributed by atoms with E-state index in [2.05, 4.69) is 4.98 Å². The molecular weight excluding hydrogens is 223 g/mol. The molecule has 0 aliphatic carbocycles. The fourth-order valence-corrected chi connectivity index (χ4v) is 1.17. The lowest BCUT2D eigenvalue weighted by Crippen LogP contribution is -2.09. The van der Waals surface area contributed by atoms with Crippen LogP contribution in [-0.4, -0.2) is 4.98 Å². The lowest BCUT2D eigenvalue weighted by molar-refractivity contribution is 0.146. The topological polar surface area (TPSA) is 32.9 Å². The van der Waals surface area contributed by atoms with Crippen molar-refractivity contribution in [3.8, 4) is 0 Å². The minimum atomic E-state index is -2.80. The van der Waals surface area contributed by atoms with Crippen molar-refractivity contribution in [3.05, 3.63) is 32.7 Å². The maximum absolute atomic E-state index is 12.2. The molecule has 0 aliphatic heterocycles. The molecule has 6 heteroatoms. The summed E-state index contributed by atoms with van der Waals surface area (Å²) in [6, 6.07) is 1.10. The van der Waals surface area contributed by atoms with Crippen molar-refractivity contribution in [2.24, 2.45) is 0 Å². The zero-order valence-corrected chi connectivity index (χ0v) is 7.79. The Morgan fingerprint density at radius 2 is 2.15 bits per heavy atom. The van der Waals surface area contributed by atoms with Crippen molar-refractivity contribution < 1.29 is 8.78 Å². The molecule has 0 radical (unpaired) electrons. The summed E-state index contributed by atoms with van der Waals surface area (Å²) < 4.78 is 24.5. The second kappa shape index (κ2) is 4.07. The molecule has 72 valence electrons. The minimum absolute atomic E-state index is 0.0356. The average molecular weight is 228 g/mol. The summed E-state index contributed by atoms with van der Waals surface area (Å²) in [7, 11) is 0. The Bertz CT molecular complexity index is 364. The van der Waals surface area contributed by atoms with Crippen LogP contribution in [0.4, 0.5) is 8.78 Å². The second-order valence-corrected chi connectivity index (χ2v) is 2.97. The Morgan fingerprint density at radius 3 is 2.62 bits per heavy atom. The van der Waals surface area contributed by atoms with E-state index in [1.54, 1.807) is 0 Å². The van der Waals surface area contributed by atoms with Crippen molar-refractivity contribution in [2.45, 2.75) is 12.3 Å². The number of aromatic nitrogens is 1. The van der Waals surface area contributed by atoms with Gasteiger partial charge in [-0.2, -0.15) is 0 Å². The van der Waals surface area contributed by atoms with Crippen LogP contribution in [-0.2, 0) is 5.88 Å². The van der Waals surface area contributed by atoms with Gasteiger partial charge in [0.25, 0.3) is 6.43 Å². The molecule has 1 aromatic heterocycles. The molecule has 0 bridgehead atoms. The van der Waals surface area contributed by atoms with E-state index in [1.165, 1.54) is 0 Å². The largest absolute Gasteiger partial charge is 0.355 e. The molecule has 1 heterocycles. The molecule has 0 aromatic carbocycles. The van der Waals surface area contributed by atoms with Crippen molar-refractivity contribution in [3.63, 3.8) is 0 Å². The molecule has 1 N–H and O–H groups in total. The van der Waals surface area contributed by atoms with Crippen LogP contribution in [0.2, 0.25) is 5.02 Å². The average Bonchev–Trinajstić information content (AvgIpc) is 2.09. The van der Waals surface area contributed by atoms with E-state index in [0.29, 0.717) is 0 Å². The fraction of sp³-hybridized carbons (Fsp3) is 0.286. The van der Waals surface area contributed by atoms with Crippen LogP contribution in [0.15, 0.2) is 10.9 Å². The predicted octanol–water partition coefficient (Wildman–Crippen LogP) is 2.70. The maximum Gasteiger partial charge on any atom is 0.279 e. The van der Waals surface area contributed by atoms with Crippen molar-refractivity contribution in [1.29, 1.82) is 0 Å². The molecule has 0 unspecified atom stereocenters. The molecule has 0 aliphatic rings. The van der Waals surface area contributed by atoms with Gasteiger partial charge in [-0.05, 0) is 0 Å². The number of pyridine rings is 1. The zero-order valence-electron chi connectivity index (χ0n) is 6.28. The molecule has 0 spiro atoms. The van der Waals surface area contributed by atoms with E-state index >= 15 is 0 Å². The first-order valence-electron chi connectivity index (χ1n) is 3.32. The highest BCUT2D eigenvalue weighted by Gasteiger charge is 2.15. The maximum atomic E-state index is 12.2. The van der Waals surface area contributed by atoms with Crippen LogP contribution in [0.1, 0.15) is 17.8 Å². The van der Waals surface area contributed by atoms with Gasteiger partial charge in [0.05, 0.1) is 5.88 Å². The standard InChI is InChI=1S/C7H5Cl2F2NO/c8-2-3-1-4(13)5(9)6(12-3)7(10)11/h1,7H,2H2,(H,12,13). The Balaban J connectivity index is 3.33. The summed E-state index contributed by atoms with van der Waals surface area (Å²) in [6.45, 7) is 0. The molecule has 0 amide bonds. The van der Waals surface area contributed by atoms with E-state index in [4.69, 9.17) is 23.2 Å². The Hall–Kier alpha value is -0.610. The summed E-state index contributed by atoms with van der Waals surface area (Å²) in [5, 5.41) is -0.483. The molecule has 0 saturated carbocycles. The van der Waals surface area contributed by atoms with Gasteiger partial charge in [-0.15, -0.1) is 11.6 Å². The Kier molecular flexibility index (Phi) is 3.27. The fourth-order valence-electron chi connectivity index (χ4n) is 0.841. The highest BCUT2D eigenvalue weighted by atomic mass is 35.5. The lowest BCUT2D eigenvalue weighted by atomic mass is 10.3. The van der Waals surface area contributed by atoms with Crippen molar-refractivity contribution in [1.82, 2.24) is 4.98 Å². The molecule has 0 saturated heterocycles. The number of aromatic amines is 1. The van der Waals surface area contributed by atoms with Crippen molar-refractivity contribution >= 4 is 23.2 Å². The molecule has 13 heavy (non-hydrogen) atoms. The number of halogens is 4. The van der Waals surface area contributed by atoms with Gasteiger partial charge in [-0.1, -0.05) is 11.6 Å².